The molecule has 0 saturated heterocycles. The number of nitrogens with zero attached hydrogens (tertiary/aromatic N) is 2. The summed E-state index contributed by atoms with van der Waals surface area (Å²) < 4.78 is 11.7. The summed E-state index contributed by atoms with van der Waals surface area (Å²) in [5.74, 6) is 1.71. The Morgan fingerprint density at radius 3 is 2.85 bits per heavy atom. The van der Waals surface area contributed by atoms with E-state index in [0.29, 0.717) is 37.7 Å². The van der Waals surface area contributed by atoms with Gasteiger partial charge in [0, 0.05) is 33.1 Å². The largest absolute Gasteiger partial charge is 0.494 e. The average molecular weight is 436 g/mol. The van der Waals surface area contributed by atoms with Crippen LogP contribution >= 0.6 is 27.3 Å². The molecule has 2 heterocycles. The summed E-state index contributed by atoms with van der Waals surface area (Å²) in [4.78, 5) is 17.4. The van der Waals surface area contributed by atoms with E-state index >= 15 is 0 Å². The summed E-state index contributed by atoms with van der Waals surface area (Å²) >= 11 is 5.00. The molecule has 3 aromatic rings. The molecule has 0 atom stereocenters. The molecule has 3 rings (SSSR count). The van der Waals surface area contributed by atoms with Crippen molar-refractivity contribution in [2.75, 3.05) is 6.61 Å². The van der Waals surface area contributed by atoms with Gasteiger partial charge in [-0.05, 0) is 53.2 Å². The van der Waals surface area contributed by atoms with Crippen LogP contribution in [-0.2, 0) is 17.8 Å². The Kier molecular flexibility index (Phi) is 6.40. The van der Waals surface area contributed by atoms with Crippen LogP contribution in [0.25, 0.3) is 11.4 Å². The number of rotatable bonds is 8. The first kappa shape index (κ1) is 18.6. The van der Waals surface area contributed by atoms with Gasteiger partial charge >= 0.3 is 0 Å². The molecule has 0 unspecified atom stereocenters. The van der Waals surface area contributed by atoms with Gasteiger partial charge in [0.25, 0.3) is 0 Å². The molecule has 26 heavy (non-hydrogen) atoms. The highest BCUT2D eigenvalue weighted by molar-refractivity contribution is 9.10. The van der Waals surface area contributed by atoms with Gasteiger partial charge in [0.05, 0.1) is 13.2 Å². The smallest absolute Gasteiger partial charge is 0.227 e. The van der Waals surface area contributed by atoms with Crippen molar-refractivity contribution in [2.45, 2.75) is 26.3 Å². The number of carbonyl (C=O) groups excluding carboxylic acids is 1. The van der Waals surface area contributed by atoms with Gasteiger partial charge in [-0.15, -0.1) is 11.3 Å². The summed E-state index contributed by atoms with van der Waals surface area (Å²) in [7, 11) is 0. The molecule has 0 saturated carbocycles. The number of benzene rings is 1. The fraction of sp³-hybridized carbons (Fsp3) is 0.278. The van der Waals surface area contributed by atoms with E-state index in [2.05, 4.69) is 31.4 Å². The normalized spacial score (nSPS) is 10.7. The SMILES string of the molecule is CCOc1ccc(-c2noc(CCC(=O)NCc3cc(Br)cs3)n2)cc1. The zero-order chi connectivity index (χ0) is 18.4. The van der Waals surface area contributed by atoms with E-state index < -0.39 is 0 Å². The van der Waals surface area contributed by atoms with Crippen LogP contribution in [0.15, 0.2) is 44.7 Å². The number of halogens is 1. The molecule has 8 heteroatoms. The van der Waals surface area contributed by atoms with Crippen LogP contribution in [0.1, 0.15) is 24.1 Å². The highest BCUT2D eigenvalue weighted by atomic mass is 79.9. The van der Waals surface area contributed by atoms with Crippen LogP contribution in [0.2, 0.25) is 0 Å². The molecule has 136 valence electrons. The van der Waals surface area contributed by atoms with Crippen LogP contribution < -0.4 is 10.1 Å². The zero-order valence-electron chi connectivity index (χ0n) is 14.2. The minimum Gasteiger partial charge on any atom is -0.494 e. The summed E-state index contributed by atoms with van der Waals surface area (Å²) in [6.45, 7) is 3.09. The third-order valence-corrected chi connectivity index (χ3v) is 5.24. The van der Waals surface area contributed by atoms with E-state index in [4.69, 9.17) is 9.26 Å². The second-order valence-electron chi connectivity index (χ2n) is 5.48. The molecule has 1 N–H and O–H groups in total. The minimum atomic E-state index is -0.0460. The molecule has 0 aliphatic heterocycles. The van der Waals surface area contributed by atoms with Gasteiger partial charge in [-0.25, -0.2) is 0 Å². The molecule has 0 aliphatic carbocycles. The maximum atomic E-state index is 12.0. The topological polar surface area (TPSA) is 77.2 Å². The van der Waals surface area contributed by atoms with Crippen molar-refractivity contribution in [3.05, 3.63) is 51.0 Å². The third-order valence-electron chi connectivity index (χ3n) is 3.54. The van der Waals surface area contributed by atoms with Crippen LogP contribution in [0.4, 0.5) is 0 Å². The first-order valence-electron chi connectivity index (χ1n) is 8.19. The molecular formula is C18H18BrN3O3S. The Bertz CT molecular complexity index is 861. The quantitative estimate of drug-likeness (QED) is 0.573. The first-order valence-corrected chi connectivity index (χ1v) is 9.86. The average Bonchev–Trinajstić information content (AvgIpc) is 3.28. The molecule has 0 bridgehead atoms. The van der Waals surface area contributed by atoms with Gasteiger partial charge in [-0.1, -0.05) is 5.16 Å². The molecule has 1 amide bonds. The van der Waals surface area contributed by atoms with Gasteiger partial charge in [0.1, 0.15) is 5.75 Å². The number of ether oxygens (including phenoxy) is 1. The van der Waals surface area contributed by atoms with Crippen LogP contribution in [0.3, 0.4) is 0 Å². The predicted molar refractivity (Wildman–Crippen MR) is 103 cm³/mol. The van der Waals surface area contributed by atoms with Crippen LogP contribution in [0, 0.1) is 0 Å². The lowest BCUT2D eigenvalue weighted by molar-refractivity contribution is -0.121. The van der Waals surface area contributed by atoms with Gasteiger partial charge < -0.3 is 14.6 Å². The highest BCUT2D eigenvalue weighted by Gasteiger charge is 2.11. The summed E-state index contributed by atoms with van der Waals surface area (Å²) in [6.07, 6.45) is 0.710. The van der Waals surface area contributed by atoms with E-state index in [-0.39, 0.29) is 5.91 Å². The van der Waals surface area contributed by atoms with Crippen molar-refractivity contribution in [3.63, 3.8) is 0 Å². The summed E-state index contributed by atoms with van der Waals surface area (Å²) in [5, 5.41) is 8.85. The van der Waals surface area contributed by atoms with Crippen molar-refractivity contribution >= 4 is 33.2 Å². The predicted octanol–water partition coefficient (Wildman–Crippen LogP) is 4.21. The zero-order valence-corrected chi connectivity index (χ0v) is 16.6. The molecule has 1 aromatic carbocycles. The Labute approximate surface area is 163 Å². The Hall–Kier alpha value is -2.19. The minimum absolute atomic E-state index is 0.0460. The molecule has 0 fully saturated rings. The number of nitrogens with one attached hydrogen (secondary N) is 1. The number of hydrogen-bond acceptors (Lipinski definition) is 6. The molecule has 2 aromatic heterocycles. The molecule has 0 radical (unpaired) electrons. The third kappa shape index (κ3) is 5.15. The Morgan fingerprint density at radius 1 is 1.35 bits per heavy atom. The molecule has 0 aliphatic rings. The summed E-state index contributed by atoms with van der Waals surface area (Å²) in [5.41, 5.74) is 0.844. The van der Waals surface area contributed by atoms with Crippen molar-refractivity contribution < 1.29 is 14.1 Å². The maximum Gasteiger partial charge on any atom is 0.227 e. The highest BCUT2D eigenvalue weighted by Crippen LogP contribution is 2.21. The monoisotopic (exact) mass is 435 g/mol. The van der Waals surface area contributed by atoms with Crippen LogP contribution in [-0.4, -0.2) is 22.7 Å². The maximum absolute atomic E-state index is 12.0. The van der Waals surface area contributed by atoms with Gasteiger partial charge in [-0.2, -0.15) is 4.98 Å². The standard InChI is InChI=1S/C18H18BrN3O3S/c1-2-24-14-5-3-12(4-6-14)18-21-17(25-22-18)8-7-16(23)20-10-15-9-13(19)11-26-15/h3-6,9,11H,2,7-8,10H2,1H3,(H,20,23). The number of thiophene rings is 1. The van der Waals surface area contributed by atoms with E-state index in [9.17, 15) is 4.79 Å². The van der Waals surface area contributed by atoms with E-state index in [1.165, 1.54) is 0 Å². The number of carbonyl (C=O) groups is 1. The second kappa shape index (κ2) is 8.95. The van der Waals surface area contributed by atoms with E-state index in [0.717, 1.165) is 20.7 Å². The van der Waals surface area contributed by atoms with Crippen molar-refractivity contribution in [2.24, 2.45) is 0 Å². The van der Waals surface area contributed by atoms with E-state index in [1.54, 1.807) is 11.3 Å². The Morgan fingerprint density at radius 2 is 2.15 bits per heavy atom. The Balaban J connectivity index is 1.49. The van der Waals surface area contributed by atoms with Crippen molar-refractivity contribution in [1.29, 1.82) is 0 Å². The van der Waals surface area contributed by atoms with Crippen molar-refractivity contribution in [3.8, 4) is 17.1 Å². The van der Waals surface area contributed by atoms with Gasteiger partial charge in [-0.3, -0.25) is 4.79 Å². The lowest BCUT2D eigenvalue weighted by Crippen LogP contribution is -2.22. The lowest BCUT2D eigenvalue weighted by atomic mass is 10.2. The van der Waals surface area contributed by atoms with Gasteiger partial charge in [0.15, 0.2) is 0 Å². The van der Waals surface area contributed by atoms with E-state index in [1.807, 2.05) is 42.6 Å². The summed E-state index contributed by atoms with van der Waals surface area (Å²) in [6, 6.07) is 9.49. The first-order chi connectivity index (χ1) is 12.6. The molecule has 6 nitrogen and oxygen atoms in total. The van der Waals surface area contributed by atoms with Crippen LogP contribution in [0.5, 0.6) is 5.75 Å². The second-order valence-corrected chi connectivity index (χ2v) is 7.39. The number of aromatic nitrogens is 2. The fourth-order valence-corrected chi connectivity index (χ4v) is 3.67. The number of amides is 1. The molecular weight excluding hydrogens is 418 g/mol. The van der Waals surface area contributed by atoms with Gasteiger partial charge in [0.2, 0.25) is 17.6 Å². The lowest BCUT2D eigenvalue weighted by Gasteiger charge is -2.02. The fourth-order valence-electron chi connectivity index (χ4n) is 2.28. The number of hydrogen-bond donors (Lipinski definition) is 1. The number of aryl methyl sites for hydroxylation is 1. The van der Waals surface area contributed by atoms with Crippen molar-refractivity contribution in [1.82, 2.24) is 15.5 Å². The molecule has 0 spiro atoms.